The van der Waals surface area contributed by atoms with Crippen molar-refractivity contribution in [1.29, 1.82) is 0 Å². The average Bonchev–Trinajstić information content (AvgIpc) is 2.39. The molecule has 0 saturated carbocycles. The summed E-state index contributed by atoms with van der Waals surface area (Å²) in [4.78, 5) is 13.9. The van der Waals surface area contributed by atoms with Gasteiger partial charge in [-0.1, -0.05) is 6.92 Å². The number of methoxy groups -OCH3 is 1. The van der Waals surface area contributed by atoms with Gasteiger partial charge in [0.05, 0.1) is 12.7 Å². The second-order valence-corrected chi connectivity index (χ2v) is 4.93. The van der Waals surface area contributed by atoms with Crippen molar-refractivity contribution in [3.63, 3.8) is 0 Å². The maximum atomic E-state index is 11.6. The Morgan fingerprint density at radius 3 is 2.67 bits per heavy atom. The highest BCUT2D eigenvalue weighted by Gasteiger charge is 2.18. The number of nitrogen functional groups attached to an aromatic ring is 1. The summed E-state index contributed by atoms with van der Waals surface area (Å²) in [5.41, 5.74) is 7.77. The number of ether oxygens (including phenoxy) is 1. The third kappa shape index (κ3) is 2.58. The number of nitrogens with zero attached hydrogens (tertiary/aromatic N) is 1. The van der Waals surface area contributed by atoms with Gasteiger partial charge in [0.25, 0.3) is 0 Å². The topological polar surface area (TPSA) is 55.6 Å². The Bertz CT molecular complexity index is 437. The largest absolute Gasteiger partial charge is 0.465 e. The van der Waals surface area contributed by atoms with E-state index >= 15 is 0 Å². The number of benzene rings is 1. The fourth-order valence-electron chi connectivity index (χ4n) is 2.29. The summed E-state index contributed by atoms with van der Waals surface area (Å²) in [7, 11) is 1.37. The second kappa shape index (κ2) is 5.29. The molecular weight excluding hydrogens is 228 g/mol. The van der Waals surface area contributed by atoms with Crippen LogP contribution in [-0.4, -0.2) is 26.2 Å². The Morgan fingerprint density at radius 2 is 2.06 bits per heavy atom. The lowest BCUT2D eigenvalue weighted by atomic mass is 9.98. The highest BCUT2D eigenvalue weighted by atomic mass is 16.5. The van der Waals surface area contributed by atoms with E-state index in [2.05, 4.69) is 11.8 Å². The summed E-state index contributed by atoms with van der Waals surface area (Å²) >= 11 is 0. The number of hydrogen-bond donors (Lipinski definition) is 1. The Kier molecular flexibility index (Phi) is 3.75. The quantitative estimate of drug-likeness (QED) is 0.644. The van der Waals surface area contributed by atoms with Gasteiger partial charge in [0.2, 0.25) is 0 Å². The molecule has 0 unspecified atom stereocenters. The fourth-order valence-corrected chi connectivity index (χ4v) is 2.29. The van der Waals surface area contributed by atoms with Crippen LogP contribution < -0.4 is 10.6 Å². The molecule has 0 radical (unpaired) electrons. The van der Waals surface area contributed by atoms with Gasteiger partial charge < -0.3 is 15.4 Å². The molecule has 1 fully saturated rings. The maximum absolute atomic E-state index is 11.6. The van der Waals surface area contributed by atoms with Crippen LogP contribution in [0, 0.1) is 5.92 Å². The van der Waals surface area contributed by atoms with E-state index in [0.717, 1.165) is 24.7 Å². The number of piperidine rings is 1. The third-order valence-electron chi connectivity index (χ3n) is 3.59. The summed E-state index contributed by atoms with van der Waals surface area (Å²) in [5.74, 6) is 0.412. The van der Waals surface area contributed by atoms with Crippen molar-refractivity contribution in [2.45, 2.75) is 19.8 Å². The molecule has 2 N–H and O–H groups in total. The van der Waals surface area contributed by atoms with Crippen molar-refractivity contribution in [2.75, 3.05) is 30.8 Å². The van der Waals surface area contributed by atoms with Gasteiger partial charge in [-0.15, -0.1) is 0 Å². The van der Waals surface area contributed by atoms with Gasteiger partial charge in [0.15, 0.2) is 0 Å². The van der Waals surface area contributed by atoms with Crippen LogP contribution >= 0.6 is 0 Å². The fraction of sp³-hybridized carbons (Fsp3) is 0.500. The van der Waals surface area contributed by atoms with Crippen molar-refractivity contribution in [1.82, 2.24) is 0 Å². The van der Waals surface area contributed by atoms with Gasteiger partial charge in [-0.25, -0.2) is 4.79 Å². The Hall–Kier alpha value is -1.71. The molecule has 1 aromatic rings. The van der Waals surface area contributed by atoms with E-state index in [1.165, 1.54) is 20.0 Å². The van der Waals surface area contributed by atoms with Crippen molar-refractivity contribution < 1.29 is 9.53 Å². The molecular formula is C14H20N2O2. The molecule has 0 aliphatic carbocycles. The van der Waals surface area contributed by atoms with Gasteiger partial charge in [-0.3, -0.25) is 0 Å². The number of rotatable bonds is 2. The minimum absolute atomic E-state index is 0.375. The molecule has 4 heteroatoms. The lowest BCUT2D eigenvalue weighted by molar-refractivity contribution is 0.0602. The van der Waals surface area contributed by atoms with E-state index in [9.17, 15) is 4.79 Å². The standard InChI is InChI=1S/C14H20N2O2/c1-10-5-7-16(8-6-10)11-3-4-13(15)12(9-11)14(17)18-2/h3-4,9-10H,5-8,15H2,1-2H3. The predicted octanol–water partition coefficient (Wildman–Crippen LogP) is 2.29. The number of esters is 1. The van der Waals surface area contributed by atoms with Crippen LogP contribution in [0.4, 0.5) is 11.4 Å². The molecule has 2 rings (SSSR count). The molecule has 0 spiro atoms. The predicted molar refractivity (Wildman–Crippen MR) is 72.8 cm³/mol. The summed E-state index contributed by atoms with van der Waals surface area (Å²) < 4.78 is 4.74. The van der Waals surface area contributed by atoms with E-state index in [1.54, 1.807) is 6.07 Å². The van der Waals surface area contributed by atoms with Crippen molar-refractivity contribution in [3.8, 4) is 0 Å². The minimum Gasteiger partial charge on any atom is -0.465 e. The molecule has 98 valence electrons. The first-order valence-electron chi connectivity index (χ1n) is 6.34. The average molecular weight is 248 g/mol. The van der Waals surface area contributed by atoms with Crippen LogP contribution in [0.25, 0.3) is 0 Å². The Balaban J connectivity index is 2.21. The van der Waals surface area contributed by atoms with E-state index in [-0.39, 0.29) is 5.97 Å². The summed E-state index contributed by atoms with van der Waals surface area (Å²) in [5, 5.41) is 0. The van der Waals surface area contributed by atoms with Crippen molar-refractivity contribution in [2.24, 2.45) is 5.92 Å². The normalized spacial score (nSPS) is 16.7. The molecule has 0 amide bonds. The van der Waals surface area contributed by atoms with Crippen LogP contribution in [0.2, 0.25) is 0 Å². The minimum atomic E-state index is -0.375. The third-order valence-corrected chi connectivity index (χ3v) is 3.59. The SMILES string of the molecule is COC(=O)c1cc(N2CCC(C)CC2)ccc1N. The zero-order valence-electron chi connectivity index (χ0n) is 11.0. The van der Waals surface area contributed by atoms with Gasteiger partial charge in [-0.2, -0.15) is 0 Å². The number of nitrogens with two attached hydrogens (primary N) is 1. The highest BCUT2D eigenvalue weighted by Crippen LogP contribution is 2.26. The molecule has 0 bridgehead atoms. The van der Waals surface area contributed by atoms with Crippen LogP contribution in [0.5, 0.6) is 0 Å². The van der Waals surface area contributed by atoms with Crippen molar-refractivity contribution >= 4 is 17.3 Å². The van der Waals surface area contributed by atoms with Gasteiger partial charge in [0, 0.05) is 24.5 Å². The number of carbonyl (C=O) groups excluding carboxylic acids is 1. The van der Waals surface area contributed by atoms with Gasteiger partial charge in [0.1, 0.15) is 0 Å². The summed E-state index contributed by atoms with van der Waals surface area (Å²) in [6.45, 7) is 4.34. The maximum Gasteiger partial charge on any atom is 0.340 e. The molecule has 1 aromatic carbocycles. The van der Waals surface area contributed by atoms with Crippen LogP contribution in [-0.2, 0) is 4.74 Å². The first-order chi connectivity index (χ1) is 8.61. The first-order valence-corrected chi connectivity index (χ1v) is 6.34. The lowest BCUT2D eigenvalue weighted by Crippen LogP contribution is -2.32. The molecule has 4 nitrogen and oxygen atoms in total. The summed E-state index contributed by atoms with van der Waals surface area (Å²) in [6, 6.07) is 5.58. The molecule has 0 aromatic heterocycles. The highest BCUT2D eigenvalue weighted by molar-refractivity contribution is 5.96. The Morgan fingerprint density at radius 1 is 1.39 bits per heavy atom. The number of hydrogen-bond acceptors (Lipinski definition) is 4. The molecule has 1 aliphatic rings. The van der Waals surface area contributed by atoms with Gasteiger partial charge >= 0.3 is 5.97 Å². The van der Waals surface area contributed by atoms with E-state index in [1.807, 2.05) is 12.1 Å². The molecule has 1 aliphatic heterocycles. The van der Waals surface area contributed by atoms with Crippen LogP contribution in [0.3, 0.4) is 0 Å². The van der Waals surface area contributed by atoms with E-state index in [4.69, 9.17) is 10.5 Å². The Labute approximate surface area is 108 Å². The second-order valence-electron chi connectivity index (χ2n) is 4.93. The van der Waals surface area contributed by atoms with Gasteiger partial charge in [-0.05, 0) is 37.0 Å². The zero-order valence-corrected chi connectivity index (χ0v) is 11.0. The number of carbonyl (C=O) groups is 1. The zero-order chi connectivity index (χ0) is 13.1. The van der Waals surface area contributed by atoms with Crippen LogP contribution in [0.1, 0.15) is 30.1 Å². The smallest absolute Gasteiger partial charge is 0.340 e. The molecule has 0 atom stereocenters. The van der Waals surface area contributed by atoms with E-state index in [0.29, 0.717) is 11.3 Å². The molecule has 1 heterocycles. The van der Waals surface area contributed by atoms with Crippen molar-refractivity contribution in [3.05, 3.63) is 23.8 Å². The summed E-state index contributed by atoms with van der Waals surface area (Å²) in [6.07, 6.45) is 2.38. The lowest BCUT2D eigenvalue weighted by Gasteiger charge is -2.32. The van der Waals surface area contributed by atoms with E-state index < -0.39 is 0 Å². The molecule has 1 saturated heterocycles. The monoisotopic (exact) mass is 248 g/mol. The number of anilines is 2. The van der Waals surface area contributed by atoms with Crippen LogP contribution in [0.15, 0.2) is 18.2 Å². The molecule has 18 heavy (non-hydrogen) atoms. The first kappa shape index (κ1) is 12.7.